The second-order valence-corrected chi connectivity index (χ2v) is 11.8. The summed E-state index contributed by atoms with van der Waals surface area (Å²) in [6.07, 6.45) is 0. The molecule has 0 unspecified atom stereocenters. The molecular formula is C29H33ClFN3O6S. The number of nitrogens with zero attached hydrogens (tertiary/aromatic N) is 2. The van der Waals surface area contributed by atoms with E-state index in [0.717, 1.165) is 16.4 Å². The summed E-state index contributed by atoms with van der Waals surface area (Å²) in [6.45, 7) is 4.45. The summed E-state index contributed by atoms with van der Waals surface area (Å²) in [5.74, 6) is -1.17. The standard InChI is InChI=1S/C29H33ClFN3O6S/c1-19(2)32-29(36)20(3)33(17-21-7-6-8-22(30)15-21)28(35)18-34(24-11-9-23(31)10-12-24)41(37,38)25-13-14-26(39-4)27(16-25)40-5/h6-16,19-20H,17-18H2,1-5H3,(H,32,36)/t20-/m1/s1. The van der Waals surface area contributed by atoms with Gasteiger partial charge in [0.25, 0.3) is 10.0 Å². The molecule has 0 fully saturated rings. The molecule has 0 bridgehead atoms. The van der Waals surface area contributed by atoms with Crippen LogP contribution >= 0.6 is 11.6 Å². The number of benzene rings is 3. The largest absolute Gasteiger partial charge is 0.493 e. The van der Waals surface area contributed by atoms with Crippen molar-refractivity contribution in [1.82, 2.24) is 10.2 Å². The monoisotopic (exact) mass is 605 g/mol. The molecule has 3 rings (SSSR count). The summed E-state index contributed by atoms with van der Waals surface area (Å²) in [4.78, 5) is 28.0. The third-order valence-corrected chi connectivity index (χ3v) is 8.18. The molecule has 0 radical (unpaired) electrons. The van der Waals surface area contributed by atoms with Crippen molar-refractivity contribution >= 4 is 39.1 Å². The van der Waals surface area contributed by atoms with Crippen LogP contribution in [0, 0.1) is 5.82 Å². The molecule has 1 N–H and O–H groups in total. The summed E-state index contributed by atoms with van der Waals surface area (Å²) in [5, 5.41) is 3.23. The molecule has 0 spiro atoms. The maximum Gasteiger partial charge on any atom is 0.264 e. The van der Waals surface area contributed by atoms with Crippen LogP contribution in [0.5, 0.6) is 11.5 Å². The molecule has 41 heavy (non-hydrogen) atoms. The Hall–Kier alpha value is -3.83. The van der Waals surface area contributed by atoms with Crippen molar-refractivity contribution in [3.05, 3.63) is 83.1 Å². The van der Waals surface area contributed by atoms with Gasteiger partial charge in [-0.1, -0.05) is 23.7 Å². The summed E-state index contributed by atoms with van der Waals surface area (Å²) < 4.78 is 53.1. The molecule has 1 atom stereocenters. The van der Waals surface area contributed by atoms with Gasteiger partial charge in [0.1, 0.15) is 18.4 Å². The summed E-state index contributed by atoms with van der Waals surface area (Å²) in [7, 11) is -1.61. The van der Waals surface area contributed by atoms with Gasteiger partial charge in [-0.25, -0.2) is 12.8 Å². The normalized spacial score (nSPS) is 12.0. The third-order valence-electron chi connectivity index (χ3n) is 6.18. The first-order valence-corrected chi connectivity index (χ1v) is 14.5. The fraction of sp³-hybridized carbons (Fsp3) is 0.310. The number of ether oxygens (including phenoxy) is 2. The van der Waals surface area contributed by atoms with Gasteiger partial charge < -0.3 is 19.7 Å². The van der Waals surface area contributed by atoms with Crippen molar-refractivity contribution in [2.45, 2.75) is 44.3 Å². The zero-order valence-corrected chi connectivity index (χ0v) is 25.0. The predicted octanol–water partition coefficient (Wildman–Crippen LogP) is 4.63. The second kappa shape index (κ2) is 13.7. The number of anilines is 1. The maximum absolute atomic E-state index is 14.0. The fourth-order valence-corrected chi connectivity index (χ4v) is 5.70. The maximum atomic E-state index is 14.0. The average molecular weight is 606 g/mol. The number of nitrogens with one attached hydrogen (secondary N) is 1. The summed E-state index contributed by atoms with van der Waals surface area (Å²) in [5.41, 5.74) is 0.697. The van der Waals surface area contributed by atoms with E-state index in [1.807, 2.05) is 0 Å². The lowest BCUT2D eigenvalue weighted by Gasteiger charge is -2.32. The van der Waals surface area contributed by atoms with Crippen LogP contribution in [0.1, 0.15) is 26.3 Å². The zero-order chi connectivity index (χ0) is 30.3. The van der Waals surface area contributed by atoms with Crippen LogP contribution in [0.25, 0.3) is 0 Å². The SMILES string of the molecule is COc1ccc(S(=O)(=O)N(CC(=O)N(Cc2cccc(Cl)c2)[C@H](C)C(=O)NC(C)C)c2ccc(F)cc2)cc1OC. The van der Waals surface area contributed by atoms with Crippen molar-refractivity contribution in [1.29, 1.82) is 0 Å². The van der Waals surface area contributed by atoms with E-state index in [2.05, 4.69) is 5.32 Å². The molecule has 0 saturated carbocycles. The minimum absolute atomic E-state index is 0.0141. The number of sulfonamides is 1. The summed E-state index contributed by atoms with van der Waals surface area (Å²) in [6, 6.07) is 14.4. The lowest BCUT2D eigenvalue weighted by molar-refractivity contribution is -0.139. The van der Waals surface area contributed by atoms with Gasteiger partial charge in [-0.2, -0.15) is 0 Å². The van der Waals surface area contributed by atoms with Crippen molar-refractivity contribution in [2.75, 3.05) is 25.1 Å². The highest BCUT2D eigenvalue weighted by Gasteiger charge is 2.33. The highest BCUT2D eigenvalue weighted by Crippen LogP contribution is 2.32. The Kier molecular flexibility index (Phi) is 10.6. The lowest BCUT2D eigenvalue weighted by atomic mass is 10.1. The molecule has 0 aromatic heterocycles. The molecular weight excluding hydrogens is 573 g/mol. The van der Waals surface area contributed by atoms with Crippen LogP contribution < -0.4 is 19.1 Å². The number of halogens is 2. The Morgan fingerprint density at radius 2 is 1.61 bits per heavy atom. The van der Waals surface area contributed by atoms with Crippen molar-refractivity contribution in [3.63, 3.8) is 0 Å². The van der Waals surface area contributed by atoms with Crippen LogP contribution in [0.15, 0.2) is 71.6 Å². The Morgan fingerprint density at radius 1 is 0.951 bits per heavy atom. The van der Waals surface area contributed by atoms with E-state index >= 15 is 0 Å². The van der Waals surface area contributed by atoms with E-state index in [4.69, 9.17) is 21.1 Å². The van der Waals surface area contributed by atoms with E-state index in [9.17, 15) is 22.4 Å². The average Bonchev–Trinajstić information content (AvgIpc) is 2.93. The molecule has 12 heteroatoms. The molecule has 0 aliphatic carbocycles. The number of amides is 2. The fourth-order valence-electron chi connectivity index (χ4n) is 4.06. The van der Waals surface area contributed by atoms with Gasteiger partial charge in [-0.15, -0.1) is 0 Å². The topological polar surface area (TPSA) is 105 Å². The molecule has 0 saturated heterocycles. The van der Waals surface area contributed by atoms with Gasteiger partial charge in [0.2, 0.25) is 11.8 Å². The van der Waals surface area contributed by atoms with Crippen LogP contribution in [-0.2, 0) is 26.2 Å². The highest BCUT2D eigenvalue weighted by atomic mass is 35.5. The molecule has 3 aromatic carbocycles. The van der Waals surface area contributed by atoms with E-state index in [1.54, 1.807) is 45.0 Å². The first-order chi connectivity index (χ1) is 19.4. The molecule has 0 aliphatic rings. The highest BCUT2D eigenvalue weighted by molar-refractivity contribution is 7.92. The molecule has 3 aromatic rings. The quantitative estimate of drug-likeness (QED) is 0.323. The van der Waals surface area contributed by atoms with E-state index in [1.165, 1.54) is 49.5 Å². The molecule has 2 amide bonds. The molecule has 0 aliphatic heterocycles. The van der Waals surface area contributed by atoms with Crippen LogP contribution in [0.4, 0.5) is 10.1 Å². The number of hydrogen-bond acceptors (Lipinski definition) is 6. The van der Waals surface area contributed by atoms with Gasteiger partial charge in [-0.05, 0) is 74.9 Å². The Balaban J connectivity index is 2.07. The van der Waals surface area contributed by atoms with Crippen LogP contribution in [-0.4, -0.2) is 58.0 Å². The van der Waals surface area contributed by atoms with Gasteiger partial charge in [0.15, 0.2) is 11.5 Å². The number of rotatable bonds is 12. The number of methoxy groups -OCH3 is 2. The van der Waals surface area contributed by atoms with Gasteiger partial charge >= 0.3 is 0 Å². The molecule has 0 heterocycles. The molecule has 220 valence electrons. The van der Waals surface area contributed by atoms with Gasteiger partial charge in [-0.3, -0.25) is 13.9 Å². The van der Waals surface area contributed by atoms with Gasteiger partial charge in [0.05, 0.1) is 24.8 Å². The smallest absolute Gasteiger partial charge is 0.264 e. The first kappa shape index (κ1) is 31.7. The van der Waals surface area contributed by atoms with Crippen LogP contribution in [0.2, 0.25) is 5.02 Å². The lowest BCUT2D eigenvalue weighted by Crippen LogP contribution is -2.52. The number of carbonyl (C=O) groups excluding carboxylic acids is 2. The number of hydrogen-bond donors (Lipinski definition) is 1. The molecule has 9 nitrogen and oxygen atoms in total. The van der Waals surface area contributed by atoms with Crippen molar-refractivity contribution in [3.8, 4) is 11.5 Å². The zero-order valence-electron chi connectivity index (χ0n) is 23.4. The minimum atomic E-state index is -4.39. The number of carbonyl (C=O) groups is 2. The van der Waals surface area contributed by atoms with Crippen molar-refractivity contribution < 1.29 is 31.9 Å². The van der Waals surface area contributed by atoms with Gasteiger partial charge in [0, 0.05) is 23.7 Å². The first-order valence-electron chi connectivity index (χ1n) is 12.7. The Labute approximate surface area is 244 Å². The van der Waals surface area contributed by atoms with E-state index in [0.29, 0.717) is 16.3 Å². The second-order valence-electron chi connectivity index (χ2n) is 9.50. The van der Waals surface area contributed by atoms with E-state index < -0.39 is 40.2 Å². The Morgan fingerprint density at radius 3 is 2.20 bits per heavy atom. The van der Waals surface area contributed by atoms with Crippen LogP contribution in [0.3, 0.4) is 0 Å². The summed E-state index contributed by atoms with van der Waals surface area (Å²) >= 11 is 6.15. The van der Waals surface area contributed by atoms with Crippen molar-refractivity contribution in [2.24, 2.45) is 0 Å². The van der Waals surface area contributed by atoms with E-state index in [-0.39, 0.29) is 28.9 Å². The Bertz CT molecular complexity index is 1480. The predicted molar refractivity (Wildman–Crippen MR) is 155 cm³/mol. The minimum Gasteiger partial charge on any atom is -0.493 e. The third kappa shape index (κ3) is 7.89.